The Balaban J connectivity index is 0.00000308. The Hall–Kier alpha value is -2.05. The Morgan fingerprint density at radius 3 is 1.92 bits per heavy atom. The quantitative estimate of drug-likeness (QED) is 0.124. The van der Waals surface area contributed by atoms with E-state index in [1.165, 1.54) is 0 Å². The topological polar surface area (TPSA) is 49.8 Å². The molecule has 0 saturated carbocycles. The summed E-state index contributed by atoms with van der Waals surface area (Å²) in [5, 5.41) is 12.1. The highest BCUT2D eigenvalue weighted by atomic mass is 127. The van der Waals surface area contributed by atoms with E-state index in [0.717, 1.165) is 33.2 Å². The minimum atomic E-state index is -5.41. The molecule has 1 amide bonds. The Morgan fingerprint density at radius 1 is 1.00 bits per heavy atom. The fourth-order valence-electron chi connectivity index (χ4n) is 2.46. The molecule has 0 aliphatic heterocycles. The van der Waals surface area contributed by atoms with Crippen LogP contribution in [0.3, 0.4) is 0 Å². The van der Waals surface area contributed by atoms with E-state index in [2.05, 4.69) is 11.2 Å². The highest BCUT2D eigenvalue weighted by Gasteiger charge is 2.42. The summed E-state index contributed by atoms with van der Waals surface area (Å²) in [7, 11) is 11.3. The largest absolute Gasteiger partial charge is 0.420 e. The number of benzene rings is 2. The number of carbonyl (C=O) groups is 1. The lowest BCUT2D eigenvalue weighted by Crippen LogP contribution is -2.54. The van der Waals surface area contributed by atoms with Crippen molar-refractivity contribution in [2.75, 3.05) is 4.90 Å². The maximum atomic E-state index is 13.6. The molecule has 0 heterocycles. The number of ether oxygens (including phenoxy) is 1. The third-order valence-electron chi connectivity index (χ3n) is 3.76. The van der Waals surface area contributed by atoms with Gasteiger partial charge in [-0.15, -0.1) is 0 Å². The van der Waals surface area contributed by atoms with Crippen molar-refractivity contribution in [3.8, 4) is 16.9 Å². The molecule has 1 N–H and O–H groups in total. The van der Waals surface area contributed by atoms with Crippen molar-refractivity contribution in [1.29, 1.82) is 0 Å². The molecule has 198 valence electrons. The van der Waals surface area contributed by atoms with E-state index in [1.54, 1.807) is 21.2 Å². The first-order valence-corrected chi connectivity index (χ1v) is 13.6. The zero-order valence-electron chi connectivity index (χ0n) is 19.8. The van der Waals surface area contributed by atoms with Crippen molar-refractivity contribution in [2.45, 2.75) is 45.6 Å². The van der Waals surface area contributed by atoms with E-state index in [1.807, 2.05) is 27.7 Å². The van der Waals surface area contributed by atoms with Crippen LogP contribution in [-0.2, 0) is 12.4 Å². The van der Waals surface area contributed by atoms with E-state index < -0.39 is 57.9 Å². The smallest absolute Gasteiger partial charge is 0.408 e. The van der Waals surface area contributed by atoms with Gasteiger partial charge in [-0.1, -0.05) is 33.6 Å². The molecule has 2 aromatic carbocycles. The first-order chi connectivity index (χ1) is 17.1. The van der Waals surface area contributed by atoms with Crippen LogP contribution in [-0.4, -0.2) is 32.4 Å². The standard InChI is InChI=1S/C18H7B2F7INO3S.2C2H6/c19-18(20,31)29(12-3-1-11(21)2-4-12)15(30)32-14-9(5-6-33-28)7-10(16(22,23)24)8-13(14)17(25,26)27;2*1-2/h1-4,7-8,31H;2*1-2H3. The molecule has 2 rings (SSSR count). The predicted octanol–water partition coefficient (Wildman–Crippen LogP) is 7.25. The van der Waals surface area contributed by atoms with Crippen LogP contribution in [0.25, 0.3) is 0 Å². The van der Waals surface area contributed by atoms with Gasteiger partial charge in [-0.3, -0.25) is 4.90 Å². The summed E-state index contributed by atoms with van der Waals surface area (Å²) in [4.78, 5) is 12.7. The fourth-order valence-corrected chi connectivity index (χ4v) is 2.94. The average molecular weight is 659 g/mol. The first kappa shape index (κ1) is 34.9. The maximum Gasteiger partial charge on any atom is 0.420 e. The van der Waals surface area contributed by atoms with Gasteiger partial charge >= 0.3 is 18.4 Å². The third kappa shape index (κ3) is 10.3. The maximum absolute atomic E-state index is 13.6. The van der Waals surface area contributed by atoms with Crippen LogP contribution >= 0.6 is 30.1 Å². The van der Waals surface area contributed by atoms with E-state index in [4.69, 9.17) is 20.4 Å². The number of nitrogens with zero attached hydrogens (tertiary/aromatic N) is 1. The lowest BCUT2D eigenvalue weighted by molar-refractivity contribution is -0.143. The van der Waals surface area contributed by atoms with Crippen LogP contribution in [0, 0.1) is 17.0 Å². The molecule has 0 aliphatic carbocycles. The molecule has 0 unspecified atom stereocenters. The molecule has 4 nitrogen and oxygen atoms in total. The van der Waals surface area contributed by atoms with Crippen molar-refractivity contribution in [3.05, 3.63) is 58.9 Å². The second kappa shape index (κ2) is 14.8. The van der Waals surface area contributed by atoms with Crippen LogP contribution in [0.15, 0.2) is 36.4 Å². The number of halogens is 8. The summed E-state index contributed by atoms with van der Waals surface area (Å²) >= 11 is 1.62. The number of aliphatic hydroxyl groups is 1. The van der Waals surface area contributed by atoms with Crippen LogP contribution < -0.4 is 9.64 Å². The summed E-state index contributed by atoms with van der Waals surface area (Å²) in [6.45, 7) is 8.00. The summed E-state index contributed by atoms with van der Waals surface area (Å²) in [5.74, 6) is -0.104. The van der Waals surface area contributed by atoms with Crippen LogP contribution in [0.2, 0.25) is 0 Å². The zero-order valence-corrected chi connectivity index (χ0v) is 22.7. The van der Waals surface area contributed by atoms with Gasteiger partial charge in [-0.05, 0) is 50.6 Å². The number of carbonyl (C=O) groups excluding carboxylic acids is 1. The Bertz CT molecular complexity index is 1100. The van der Waals surface area contributed by atoms with Gasteiger partial charge in [0, 0.05) is 26.9 Å². The van der Waals surface area contributed by atoms with E-state index in [9.17, 15) is 40.6 Å². The lowest BCUT2D eigenvalue weighted by Gasteiger charge is -2.34. The minimum absolute atomic E-state index is 0.0640. The van der Waals surface area contributed by atoms with Gasteiger partial charge < -0.3 is 9.84 Å². The van der Waals surface area contributed by atoms with Gasteiger partial charge in [0.2, 0.25) is 0 Å². The number of rotatable bonds is 3. The number of hydrogen-bond donors (Lipinski definition) is 1. The SMILES string of the molecule is CC.CC.[B]C([B])(O)N(C(=O)Oc1c(C#CSI)cc(C(F)(F)F)cc1C(F)(F)F)c1ccc(F)cc1. The molecule has 0 bridgehead atoms. The Kier molecular flexibility index (Phi) is 14.0. The molecule has 0 aliphatic rings. The Morgan fingerprint density at radius 2 is 1.51 bits per heavy atom. The summed E-state index contributed by atoms with van der Waals surface area (Å²) in [6, 6.07) is 3.42. The number of alkyl halides is 6. The second-order valence-corrected chi connectivity index (χ2v) is 7.84. The minimum Gasteiger partial charge on any atom is -0.408 e. The van der Waals surface area contributed by atoms with Crippen molar-refractivity contribution in [2.24, 2.45) is 0 Å². The average Bonchev–Trinajstić information content (AvgIpc) is 2.80. The molecule has 2 aromatic rings. The second-order valence-electron chi connectivity index (χ2n) is 6.16. The first-order valence-electron chi connectivity index (χ1n) is 10.2. The van der Waals surface area contributed by atoms with Crippen molar-refractivity contribution < 1.29 is 45.4 Å². The summed E-state index contributed by atoms with van der Waals surface area (Å²) < 4.78 is 98.2. The number of amides is 1. The Labute approximate surface area is 228 Å². The number of hydrogen-bond acceptors (Lipinski definition) is 4. The van der Waals surface area contributed by atoms with Crippen molar-refractivity contribution in [3.63, 3.8) is 0 Å². The third-order valence-corrected chi connectivity index (χ3v) is 4.60. The zero-order chi connectivity index (χ0) is 29.2. The predicted molar refractivity (Wildman–Crippen MR) is 139 cm³/mol. The van der Waals surface area contributed by atoms with Gasteiger partial charge in [-0.2, -0.15) is 26.3 Å². The normalized spacial score (nSPS) is 11.1. The highest BCUT2D eigenvalue weighted by Crippen LogP contribution is 2.43. The summed E-state index contributed by atoms with van der Waals surface area (Å²) in [5.41, 5.74) is -8.04. The molecule has 0 fully saturated rings. The van der Waals surface area contributed by atoms with Gasteiger partial charge in [0.25, 0.3) is 0 Å². The van der Waals surface area contributed by atoms with Crippen molar-refractivity contribution in [1.82, 2.24) is 0 Å². The van der Waals surface area contributed by atoms with Crippen LogP contribution in [0.1, 0.15) is 44.4 Å². The van der Waals surface area contributed by atoms with Gasteiger partial charge in [0.15, 0.2) is 5.75 Å². The van der Waals surface area contributed by atoms with Crippen LogP contribution in [0.5, 0.6) is 5.75 Å². The van der Waals surface area contributed by atoms with Gasteiger partial charge in [0.05, 0.1) is 16.7 Å². The van der Waals surface area contributed by atoms with Gasteiger partial charge in [-0.25, -0.2) is 9.18 Å². The molecule has 0 aromatic heterocycles. The molecule has 37 heavy (non-hydrogen) atoms. The van der Waals surface area contributed by atoms with E-state index in [-0.39, 0.29) is 17.0 Å². The molecule has 0 atom stereocenters. The van der Waals surface area contributed by atoms with E-state index in [0.29, 0.717) is 0 Å². The fraction of sp³-hybridized carbons (Fsp3) is 0.318. The monoisotopic (exact) mass is 659 g/mol. The van der Waals surface area contributed by atoms with Crippen molar-refractivity contribution >= 4 is 57.6 Å². The van der Waals surface area contributed by atoms with Gasteiger partial charge in [0.1, 0.15) is 27.1 Å². The molecule has 15 heteroatoms. The molecule has 0 spiro atoms. The molecule has 0 saturated heterocycles. The van der Waals surface area contributed by atoms with Crippen LogP contribution in [0.4, 0.5) is 41.2 Å². The summed E-state index contributed by atoms with van der Waals surface area (Å²) in [6.07, 6.45) is -12.4. The molecular weight excluding hydrogens is 640 g/mol. The molecule has 4 radical (unpaired) electrons. The molecular formula is C22H19B2F7INO3S. The number of anilines is 1. The van der Waals surface area contributed by atoms with E-state index >= 15 is 0 Å². The highest BCUT2D eigenvalue weighted by molar-refractivity contribution is 14.2. The lowest BCUT2D eigenvalue weighted by atomic mass is 9.72.